The monoisotopic (exact) mass is 558 g/mol. The molecule has 3 aliphatic heterocycles. The Hall–Kier alpha value is -2.99. The fraction of sp³-hybridized carbons (Fsp3) is 0.333. The standard InChI is InChI=1S/C36H35BO3S/c1-33(2)34(3,4)40-37(39-33)25-17-19-30-29(22-25)36(28-18-16-24-12-6-7-13-26(24)32(28)38-30)27-14-8-9-15-31(27)41-23-35(36)20-10-5-11-21-35/h5-20,22,29-30H,21,23H2,1-4H3. The molecule has 206 valence electrons. The molecular formula is C36H35BO3S. The van der Waals surface area contributed by atoms with Crippen LogP contribution in [0.15, 0.2) is 114 Å². The third-order valence-electron chi connectivity index (χ3n) is 10.5. The summed E-state index contributed by atoms with van der Waals surface area (Å²) >= 11 is 1.99. The summed E-state index contributed by atoms with van der Waals surface area (Å²) in [5.74, 6) is 2.07. The molecule has 1 fully saturated rings. The molecule has 3 heterocycles. The van der Waals surface area contributed by atoms with Gasteiger partial charge in [0.2, 0.25) is 0 Å². The van der Waals surface area contributed by atoms with Crippen LogP contribution in [0.3, 0.4) is 0 Å². The van der Waals surface area contributed by atoms with Gasteiger partial charge in [0.05, 0.1) is 11.2 Å². The second kappa shape index (κ2) is 8.76. The van der Waals surface area contributed by atoms with Crippen LogP contribution >= 0.6 is 11.8 Å². The van der Waals surface area contributed by atoms with Crippen LogP contribution in [0, 0.1) is 11.3 Å². The van der Waals surface area contributed by atoms with Crippen molar-refractivity contribution >= 4 is 29.7 Å². The van der Waals surface area contributed by atoms with Gasteiger partial charge < -0.3 is 14.0 Å². The number of hydrogen-bond acceptors (Lipinski definition) is 4. The minimum absolute atomic E-state index is 0.0494. The lowest BCUT2D eigenvalue weighted by Gasteiger charge is -2.60. The number of rotatable bonds is 1. The van der Waals surface area contributed by atoms with E-state index in [1.165, 1.54) is 26.8 Å². The second-order valence-electron chi connectivity index (χ2n) is 13.1. The highest BCUT2D eigenvalue weighted by Crippen LogP contribution is 2.67. The van der Waals surface area contributed by atoms with E-state index in [0.29, 0.717) is 0 Å². The van der Waals surface area contributed by atoms with Gasteiger partial charge in [0.1, 0.15) is 11.9 Å². The van der Waals surface area contributed by atoms with E-state index in [2.05, 4.69) is 131 Å². The molecule has 3 nitrogen and oxygen atoms in total. The van der Waals surface area contributed by atoms with E-state index in [4.69, 9.17) is 14.0 Å². The molecule has 8 rings (SSSR count). The molecule has 0 aromatic heterocycles. The average molecular weight is 559 g/mol. The first kappa shape index (κ1) is 25.7. The maximum Gasteiger partial charge on any atom is 0.494 e. The fourth-order valence-corrected chi connectivity index (χ4v) is 9.21. The SMILES string of the molecule is CC1(C)OB(C2=CC3C(C=C2)Oc2c(ccc4ccccc24)C32c3ccccc3SCC23C=CC=CC3)OC1(C)C. The maximum atomic E-state index is 7.06. The Morgan fingerprint density at radius 3 is 2.44 bits per heavy atom. The van der Waals surface area contributed by atoms with Crippen molar-refractivity contribution in [2.24, 2.45) is 11.3 Å². The Kier molecular flexibility index (Phi) is 5.49. The molecule has 3 aromatic rings. The first-order valence-electron chi connectivity index (χ1n) is 14.8. The molecule has 41 heavy (non-hydrogen) atoms. The van der Waals surface area contributed by atoms with Crippen molar-refractivity contribution < 1.29 is 14.0 Å². The lowest BCUT2D eigenvalue weighted by atomic mass is 9.47. The van der Waals surface area contributed by atoms with Gasteiger partial charge in [-0.05, 0) is 62.7 Å². The van der Waals surface area contributed by atoms with Crippen molar-refractivity contribution in [1.82, 2.24) is 0 Å². The summed E-state index contributed by atoms with van der Waals surface area (Å²) in [6.45, 7) is 8.49. The van der Waals surface area contributed by atoms with Crippen molar-refractivity contribution in [1.29, 1.82) is 0 Å². The normalized spacial score (nSPS) is 32.0. The number of thioether (sulfide) groups is 1. The average Bonchev–Trinajstić information content (AvgIpc) is 3.21. The summed E-state index contributed by atoms with van der Waals surface area (Å²) in [4.78, 5) is 1.36. The predicted molar refractivity (Wildman–Crippen MR) is 168 cm³/mol. The van der Waals surface area contributed by atoms with Gasteiger partial charge in [0.25, 0.3) is 0 Å². The minimum Gasteiger partial charge on any atom is -0.485 e. The highest BCUT2D eigenvalue weighted by Gasteiger charge is 2.64. The zero-order chi connectivity index (χ0) is 28.0. The van der Waals surface area contributed by atoms with Gasteiger partial charge >= 0.3 is 7.12 Å². The van der Waals surface area contributed by atoms with Crippen molar-refractivity contribution in [3.05, 3.63) is 120 Å². The number of ether oxygens (including phenoxy) is 1. The molecule has 4 atom stereocenters. The molecule has 0 N–H and O–H groups in total. The first-order chi connectivity index (χ1) is 19.8. The van der Waals surface area contributed by atoms with Crippen molar-refractivity contribution in [2.75, 3.05) is 5.75 Å². The Morgan fingerprint density at radius 1 is 0.854 bits per heavy atom. The molecule has 2 spiro atoms. The van der Waals surface area contributed by atoms with E-state index >= 15 is 0 Å². The third-order valence-corrected chi connectivity index (χ3v) is 11.8. The molecule has 0 radical (unpaired) electrons. The number of benzene rings is 3. The molecule has 5 heteroatoms. The van der Waals surface area contributed by atoms with Crippen LogP contribution < -0.4 is 4.74 Å². The van der Waals surface area contributed by atoms with Gasteiger partial charge in [-0.2, -0.15) is 0 Å². The number of fused-ring (bicyclic) bond motifs is 9. The second-order valence-corrected chi connectivity index (χ2v) is 14.1. The Balaban J connectivity index is 1.43. The lowest BCUT2D eigenvalue weighted by Crippen LogP contribution is -2.60. The van der Waals surface area contributed by atoms with E-state index in [1.54, 1.807) is 0 Å². The summed E-state index contributed by atoms with van der Waals surface area (Å²) in [7, 11) is -0.418. The zero-order valence-electron chi connectivity index (χ0n) is 24.1. The smallest absolute Gasteiger partial charge is 0.485 e. The Bertz CT molecular complexity index is 1680. The van der Waals surface area contributed by atoms with Gasteiger partial charge in [-0.1, -0.05) is 91.1 Å². The van der Waals surface area contributed by atoms with Crippen LogP contribution in [-0.4, -0.2) is 30.2 Å². The lowest BCUT2D eigenvalue weighted by molar-refractivity contribution is 0.00578. The Morgan fingerprint density at radius 2 is 1.63 bits per heavy atom. The summed E-state index contributed by atoms with van der Waals surface area (Å²) < 4.78 is 20.2. The molecule has 0 amide bonds. The number of hydrogen-bond donors (Lipinski definition) is 0. The molecule has 4 unspecified atom stereocenters. The van der Waals surface area contributed by atoms with Gasteiger partial charge in [0.15, 0.2) is 0 Å². The van der Waals surface area contributed by atoms with Gasteiger partial charge in [0, 0.05) is 38.3 Å². The van der Waals surface area contributed by atoms with E-state index in [1.807, 2.05) is 11.8 Å². The first-order valence-corrected chi connectivity index (χ1v) is 15.8. The van der Waals surface area contributed by atoms with Crippen LogP contribution in [-0.2, 0) is 14.7 Å². The van der Waals surface area contributed by atoms with E-state index in [0.717, 1.165) is 23.4 Å². The van der Waals surface area contributed by atoms with Crippen LogP contribution in [0.5, 0.6) is 5.75 Å². The molecule has 5 aliphatic rings. The largest absolute Gasteiger partial charge is 0.494 e. The van der Waals surface area contributed by atoms with E-state index in [9.17, 15) is 0 Å². The number of allylic oxidation sites excluding steroid dienone is 6. The van der Waals surface area contributed by atoms with Crippen LogP contribution in [0.1, 0.15) is 45.2 Å². The highest BCUT2D eigenvalue weighted by molar-refractivity contribution is 7.99. The van der Waals surface area contributed by atoms with Crippen molar-refractivity contribution in [3.63, 3.8) is 0 Å². The minimum atomic E-state index is -0.418. The molecule has 0 bridgehead atoms. The Labute approximate surface area is 247 Å². The van der Waals surface area contributed by atoms with Crippen molar-refractivity contribution in [2.45, 2.75) is 61.7 Å². The summed E-state index contributed by atoms with van der Waals surface area (Å²) in [5.41, 5.74) is 2.48. The zero-order valence-corrected chi connectivity index (χ0v) is 24.9. The van der Waals surface area contributed by atoms with Crippen LogP contribution in [0.25, 0.3) is 10.8 Å². The predicted octanol–water partition coefficient (Wildman–Crippen LogP) is 8.24. The quantitative estimate of drug-likeness (QED) is 0.281. The molecule has 1 saturated heterocycles. The van der Waals surface area contributed by atoms with Crippen LogP contribution in [0.2, 0.25) is 0 Å². The fourth-order valence-electron chi connectivity index (χ4n) is 7.80. The summed E-state index contributed by atoms with van der Waals surface area (Å²) in [6.07, 6.45) is 17.1. The van der Waals surface area contributed by atoms with Gasteiger partial charge in [-0.15, -0.1) is 11.8 Å². The highest BCUT2D eigenvalue weighted by atomic mass is 32.2. The summed E-state index contributed by atoms with van der Waals surface area (Å²) in [5, 5.41) is 2.39. The topological polar surface area (TPSA) is 27.7 Å². The maximum absolute atomic E-state index is 7.06. The van der Waals surface area contributed by atoms with E-state index < -0.39 is 18.3 Å². The third kappa shape index (κ3) is 3.43. The van der Waals surface area contributed by atoms with Crippen molar-refractivity contribution in [3.8, 4) is 5.75 Å². The molecule has 3 aromatic carbocycles. The van der Waals surface area contributed by atoms with Gasteiger partial charge in [-0.25, -0.2) is 0 Å². The molecule has 2 aliphatic carbocycles. The summed E-state index contributed by atoms with van der Waals surface area (Å²) in [6, 6.07) is 22.4. The van der Waals surface area contributed by atoms with Gasteiger partial charge in [-0.3, -0.25) is 0 Å². The molecule has 0 saturated carbocycles. The van der Waals surface area contributed by atoms with Crippen LogP contribution in [0.4, 0.5) is 0 Å². The molecular weight excluding hydrogens is 523 g/mol. The van der Waals surface area contributed by atoms with E-state index in [-0.39, 0.29) is 22.9 Å².